The van der Waals surface area contributed by atoms with E-state index < -0.39 is 24.3 Å². The summed E-state index contributed by atoms with van der Waals surface area (Å²) in [5.74, 6) is -4.46. The predicted molar refractivity (Wildman–Crippen MR) is 120 cm³/mol. The van der Waals surface area contributed by atoms with Gasteiger partial charge in [0.25, 0.3) is 0 Å². The van der Waals surface area contributed by atoms with Crippen molar-refractivity contribution in [2.45, 2.75) is 39.0 Å². The normalized spacial score (nSPS) is 14.1. The van der Waals surface area contributed by atoms with Gasteiger partial charge >= 0.3 is 24.3 Å². The van der Waals surface area contributed by atoms with Crippen LogP contribution in [0.4, 0.5) is 32.2 Å². The minimum Gasteiger partial charge on any atom is -0.475 e. The molecule has 0 aliphatic carbocycles. The van der Waals surface area contributed by atoms with Crippen molar-refractivity contribution in [3.8, 4) is 0 Å². The number of anilines is 1. The van der Waals surface area contributed by atoms with Crippen molar-refractivity contribution in [1.82, 2.24) is 19.9 Å². The van der Waals surface area contributed by atoms with Gasteiger partial charge < -0.3 is 15.1 Å². The first kappa shape index (κ1) is 31.5. The summed E-state index contributed by atoms with van der Waals surface area (Å²) in [4.78, 5) is 35.9. The van der Waals surface area contributed by atoms with Gasteiger partial charge in [0.15, 0.2) is 0 Å². The molecule has 0 radical (unpaired) electrons. The van der Waals surface area contributed by atoms with Crippen LogP contribution in [-0.2, 0) is 16.0 Å². The zero-order valence-electron chi connectivity index (χ0n) is 20.1. The first-order chi connectivity index (χ1) is 17.1. The van der Waals surface area contributed by atoms with Crippen LogP contribution in [0.1, 0.15) is 23.4 Å². The lowest BCUT2D eigenvalue weighted by atomic mass is 10.1. The van der Waals surface area contributed by atoms with Gasteiger partial charge in [-0.05, 0) is 50.9 Å². The Morgan fingerprint density at radius 1 is 0.919 bits per heavy atom. The van der Waals surface area contributed by atoms with Gasteiger partial charge in [0.05, 0.1) is 11.4 Å². The fraction of sp³-hybridized carbons (Fsp3) is 0.500. The van der Waals surface area contributed by atoms with Crippen molar-refractivity contribution < 1.29 is 46.1 Å². The lowest BCUT2D eigenvalue weighted by Crippen LogP contribution is -2.47. The van der Waals surface area contributed by atoms with E-state index in [-0.39, 0.29) is 0 Å². The summed E-state index contributed by atoms with van der Waals surface area (Å²) in [5, 5.41) is 14.2. The van der Waals surface area contributed by atoms with Crippen molar-refractivity contribution in [3.05, 3.63) is 47.7 Å². The van der Waals surface area contributed by atoms with Crippen molar-refractivity contribution in [2.75, 3.05) is 37.6 Å². The molecule has 2 N–H and O–H groups in total. The van der Waals surface area contributed by atoms with Gasteiger partial charge in [-0.15, -0.1) is 0 Å². The van der Waals surface area contributed by atoms with Crippen LogP contribution in [0, 0.1) is 13.8 Å². The number of carboxylic acids is 2. The van der Waals surface area contributed by atoms with Crippen molar-refractivity contribution >= 4 is 17.8 Å². The molecule has 1 fully saturated rings. The lowest BCUT2D eigenvalue weighted by Gasteiger charge is -2.35. The molecule has 9 nitrogen and oxygen atoms in total. The van der Waals surface area contributed by atoms with Crippen molar-refractivity contribution in [3.63, 3.8) is 0 Å². The van der Waals surface area contributed by atoms with E-state index in [1.54, 1.807) is 0 Å². The summed E-state index contributed by atoms with van der Waals surface area (Å²) in [5.41, 5.74) is 3.40. The van der Waals surface area contributed by atoms with Crippen molar-refractivity contribution in [2.24, 2.45) is 0 Å². The van der Waals surface area contributed by atoms with Crippen LogP contribution in [0.15, 0.2) is 30.7 Å². The number of carbonyl (C=O) groups is 2. The molecule has 1 aliphatic heterocycles. The molecular formula is C22H27F6N5O4. The molecule has 15 heteroatoms. The number of rotatable bonds is 5. The number of aryl methyl sites for hydroxylation is 3. The van der Waals surface area contributed by atoms with Gasteiger partial charge in [-0.3, -0.25) is 14.9 Å². The van der Waals surface area contributed by atoms with E-state index in [4.69, 9.17) is 19.8 Å². The van der Waals surface area contributed by atoms with E-state index in [2.05, 4.69) is 36.9 Å². The number of carboxylic acid groups (broad SMARTS) is 2. The number of aromatic nitrogens is 3. The van der Waals surface area contributed by atoms with Crippen LogP contribution in [0.5, 0.6) is 0 Å². The quantitative estimate of drug-likeness (QED) is 0.550. The zero-order valence-corrected chi connectivity index (χ0v) is 20.1. The Morgan fingerprint density at radius 2 is 1.41 bits per heavy atom. The molecule has 0 unspecified atom stereocenters. The highest BCUT2D eigenvalue weighted by molar-refractivity contribution is 5.73. The number of nitrogens with zero attached hydrogens (tertiary/aromatic N) is 5. The molecule has 37 heavy (non-hydrogen) atoms. The molecule has 1 aliphatic rings. The Kier molecular flexibility index (Phi) is 12.2. The SMILES string of the molecule is Cc1cnc(C)c(N2CCN(CCCc3ccncc3)CC2)n1.O=C(O)C(F)(F)F.O=C(O)C(F)(F)F. The lowest BCUT2D eigenvalue weighted by molar-refractivity contribution is -0.193. The zero-order chi connectivity index (χ0) is 28.2. The van der Waals surface area contributed by atoms with E-state index in [1.807, 2.05) is 32.4 Å². The summed E-state index contributed by atoms with van der Waals surface area (Å²) in [6.07, 6.45) is -2.24. The minimum atomic E-state index is -5.08. The van der Waals surface area contributed by atoms with Crippen LogP contribution in [0.3, 0.4) is 0 Å². The van der Waals surface area contributed by atoms with Crippen LogP contribution >= 0.6 is 0 Å². The molecule has 3 rings (SSSR count). The molecular weight excluding hydrogens is 512 g/mol. The average Bonchev–Trinajstić information content (AvgIpc) is 2.81. The Hall–Kier alpha value is -3.49. The maximum atomic E-state index is 10.6. The smallest absolute Gasteiger partial charge is 0.475 e. The van der Waals surface area contributed by atoms with Crippen LogP contribution in [0.2, 0.25) is 0 Å². The first-order valence-corrected chi connectivity index (χ1v) is 10.9. The fourth-order valence-corrected chi connectivity index (χ4v) is 3.06. The maximum absolute atomic E-state index is 10.6. The molecule has 0 aromatic carbocycles. The van der Waals surface area contributed by atoms with E-state index >= 15 is 0 Å². The second-order valence-corrected chi connectivity index (χ2v) is 7.81. The Labute approximate surface area is 208 Å². The van der Waals surface area contributed by atoms with Gasteiger partial charge in [0.1, 0.15) is 5.82 Å². The van der Waals surface area contributed by atoms with Crippen LogP contribution < -0.4 is 4.90 Å². The minimum absolute atomic E-state index is 0.991. The summed E-state index contributed by atoms with van der Waals surface area (Å²) >= 11 is 0. The molecule has 0 spiro atoms. The monoisotopic (exact) mass is 539 g/mol. The average molecular weight is 539 g/mol. The summed E-state index contributed by atoms with van der Waals surface area (Å²) in [6, 6.07) is 4.22. The second-order valence-electron chi connectivity index (χ2n) is 7.81. The molecule has 0 saturated carbocycles. The molecule has 0 amide bonds. The largest absolute Gasteiger partial charge is 0.490 e. The highest BCUT2D eigenvalue weighted by Gasteiger charge is 2.38. The number of alkyl halides is 6. The standard InChI is InChI=1S/C18H25N5.2C2HF3O2/c1-15-14-20-16(2)18(21-15)23-12-10-22(11-13-23)9-3-4-17-5-7-19-8-6-17;2*3-2(4,5)1(6)7/h5-8,14H,3-4,9-13H2,1-2H3;2*(H,6,7). The highest BCUT2D eigenvalue weighted by atomic mass is 19.4. The van der Waals surface area contributed by atoms with Gasteiger partial charge in [-0.25, -0.2) is 14.6 Å². The third-order valence-corrected chi connectivity index (χ3v) is 4.90. The molecule has 206 valence electrons. The van der Waals surface area contributed by atoms with Crippen LogP contribution in [0.25, 0.3) is 0 Å². The van der Waals surface area contributed by atoms with E-state index in [0.29, 0.717) is 0 Å². The Morgan fingerprint density at radius 3 is 1.86 bits per heavy atom. The van der Waals surface area contributed by atoms with Crippen molar-refractivity contribution in [1.29, 1.82) is 0 Å². The number of halogens is 6. The van der Waals surface area contributed by atoms with Crippen LogP contribution in [-0.4, -0.2) is 87.1 Å². The van der Waals surface area contributed by atoms with Gasteiger partial charge in [0, 0.05) is 44.8 Å². The third-order valence-electron chi connectivity index (χ3n) is 4.90. The number of hydrogen-bond acceptors (Lipinski definition) is 7. The number of hydrogen-bond donors (Lipinski definition) is 2. The topological polar surface area (TPSA) is 120 Å². The molecule has 1 saturated heterocycles. The molecule has 3 heterocycles. The van der Waals surface area contributed by atoms with E-state index in [1.165, 1.54) is 12.0 Å². The molecule has 2 aromatic rings. The number of aliphatic carboxylic acids is 2. The summed E-state index contributed by atoms with van der Waals surface area (Å²) in [6.45, 7) is 9.49. The predicted octanol–water partition coefficient (Wildman–Crippen LogP) is 3.51. The Bertz CT molecular complexity index is 973. The fourth-order valence-electron chi connectivity index (χ4n) is 3.06. The third kappa shape index (κ3) is 12.3. The number of pyridine rings is 1. The first-order valence-electron chi connectivity index (χ1n) is 10.9. The Balaban J connectivity index is 0.000000404. The molecule has 0 bridgehead atoms. The highest BCUT2D eigenvalue weighted by Crippen LogP contribution is 2.18. The molecule has 0 atom stereocenters. The van der Waals surface area contributed by atoms with E-state index in [0.717, 1.165) is 56.4 Å². The van der Waals surface area contributed by atoms with Gasteiger partial charge in [0.2, 0.25) is 0 Å². The summed E-state index contributed by atoms with van der Waals surface area (Å²) in [7, 11) is 0. The van der Waals surface area contributed by atoms with E-state index in [9.17, 15) is 26.3 Å². The summed E-state index contributed by atoms with van der Waals surface area (Å²) < 4.78 is 63.5. The maximum Gasteiger partial charge on any atom is 0.490 e. The second kappa shape index (κ2) is 14.3. The van der Waals surface area contributed by atoms with Gasteiger partial charge in [-0.1, -0.05) is 0 Å². The van der Waals surface area contributed by atoms with Gasteiger partial charge in [-0.2, -0.15) is 26.3 Å². The molecule has 2 aromatic heterocycles. The number of piperazine rings is 1.